The Kier molecular flexibility index (Phi) is 5.04. The van der Waals surface area contributed by atoms with Crippen LogP contribution in [0.15, 0.2) is 46.9 Å². The summed E-state index contributed by atoms with van der Waals surface area (Å²) in [6.07, 6.45) is -1.04. The maximum Gasteiger partial charge on any atom is 0.430 e. The first-order valence-corrected chi connectivity index (χ1v) is 10.1. The third kappa shape index (κ3) is 4.01. The molecule has 0 unspecified atom stereocenters. The summed E-state index contributed by atoms with van der Waals surface area (Å²) >= 11 is 3.15. The van der Waals surface area contributed by atoms with Gasteiger partial charge in [0.15, 0.2) is 5.82 Å². The lowest BCUT2D eigenvalue weighted by molar-refractivity contribution is -0.117. The van der Waals surface area contributed by atoms with E-state index in [0.717, 1.165) is 11.6 Å². The van der Waals surface area contributed by atoms with Crippen molar-refractivity contribution in [1.29, 1.82) is 0 Å². The molecule has 1 N–H and O–H groups in total. The number of cyclic esters (lactones) is 1. The number of hydrogen-bond acceptors (Lipinski definition) is 5. The standard InChI is InChI=1S/C17H16BrFN2O5S/c1-17(2)21(16(22)26-17)27(23,24)20-15-13(19)8-12(18)9-14(15)25-10-11-6-4-3-5-7-11/h3-9,20H,10H2,1-2H3. The highest BCUT2D eigenvalue weighted by molar-refractivity contribution is 9.10. The molecule has 1 aliphatic rings. The first-order valence-electron chi connectivity index (χ1n) is 7.82. The SMILES string of the molecule is CC1(C)OC(=O)N1S(=O)(=O)Nc1c(F)cc(Br)cc1OCc1ccccc1. The summed E-state index contributed by atoms with van der Waals surface area (Å²) in [5.74, 6) is -0.885. The minimum atomic E-state index is -4.40. The number of hydrogen-bond donors (Lipinski definition) is 1. The molecule has 1 saturated heterocycles. The lowest BCUT2D eigenvalue weighted by atomic mass is 10.2. The van der Waals surface area contributed by atoms with Gasteiger partial charge in [0.1, 0.15) is 18.0 Å². The molecule has 27 heavy (non-hydrogen) atoms. The summed E-state index contributed by atoms with van der Waals surface area (Å²) in [5.41, 5.74) is -0.941. The van der Waals surface area contributed by atoms with Crippen molar-refractivity contribution in [2.24, 2.45) is 0 Å². The van der Waals surface area contributed by atoms with E-state index < -0.39 is 33.5 Å². The molecular weight excluding hydrogens is 443 g/mol. The third-order valence-electron chi connectivity index (χ3n) is 3.72. The fourth-order valence-corrected chi connectivity index (χ4v) is 4.34. The molecule has 0 bridgehead atoms. The second-order valence-corrected chi connectivity index (χ2v) is 8.66. The number of amides is 1. The van der Waals surface area contributed by atoms with E-state index in [1.54, 1.807) is 0 Å². The monoisotopic (exact) mass is 458 g/mol. The fourth-order valence-electron chi connectivity index (χ4n) is 2.54. The van der Waals surface area contributed by atoms with Crippen LogP contribution in [-0.2, 0) is 21.6 Å². The summed E-state index contributed by atoms with van der Waals surface area (Å²) in [6, 6.07) is 11.6. The zero-order valence-corrected chi connectivity index (χ0v) is 16.8. The minimum Gasteiger partial charge on any atom is -0.487 e. The van der Waals surface area contributed by atoms with Crippen LogP contribution in [0.3, 0.4) is 0 Å². The predicted octanol–water partition coefficient (Wildman–Crippen LogP) is 4.01. The molecular formula is C17H16BrFN2O5S. The van der Waals surface area contributed by atoms with Crippen molar-refractivity contribution >= 4 is 37.9 Å². The molecule has 0 atom stereocenters. The van der Waals surface area contributed by atoms with Gasteiger partial charge in [-0.1, -0.05) is 46.3 Å². The van der Waals surface area contributed by atoms with E-state index in [1.807, 2.05) is 30.3 Å². The van der Waals surface area contributed by atoms with Crippen molar-refractivity contribution in [3.63, 3.8) is 0 Å². The Bertz CT molecular complexity index is 982. The van der Waals surface area contributed by atoms with Gasteiger partial charge in [-0.15, -0.1) is 4.31 Å². The van der Waals surface area contributed by atoms with Gasteiger partial charge in [-0.2, -0.15) is 8.42 Å². The van der Waals surface area contributed by atoms with Crippen LogP contribution in [0.25, 0.3) is 0 Å². The number of carbonyl (C=O) groups excluding carboxylic acids is 1. The number of benzene rings is 2. The predicted molar refractivity (Wildman–Crippen MR) is 99.8 cm³/mol. The Morgan fingerprint density at radius 2 is 1.93 bits per heavy atom. The van der Waals surface area contributed by atoms with Gasteiger partial charge in [-0.05, 0) is 31.5 Å². The Labute approximate surface area is 164 Å². The molecule has 0 spiro atoms. The zero-order chi connectivity index (χ0) is 19.8. The molecule has 10 heteroatoms. The Hall–Kier alpha value is -2.33. The van der Waals surface area contributed by atoms with Crippen LogP contribution >= 0.6 is 15.9 Å². The zero-order valence-electron chi connectivity index (χ0n) is 14.4. The van der Waals surface area contributed by atoms with Crippen molar-refractivity contribution < 1.29 is 27.1 Å². The molecule has 1 fully saturated rings. The average molecular weight is 459 g/mol. The van der Waals surface area contributed by atoms with E-state index in [2.05, 4.69) is 20.7 Å². The van der Waals surface area contributed by atoms with E-state index in [0.29, 0.717) is 8.78 Å². The minimum absolute atomic E-state index is 0.0269. The largest absolute Gasteiger partial charge is 0.487 e. The molecule has 1 aliphatic heterocycles. The summed E-state index contributed by atoms with van der Waals surface area (Å²) in [5, 5.41) is 0. The van der Waals surface area contributed by atoms with Crippen molar-refractivity contribution in [2.45, 2.75) is 26.2 Å². The second-order valence-electron chi connectivity index (χ2n) is 6.22. The van der Waals surface area contributed by atoms with Crippen molar-refractivity contribution in [2.75, 3.05) is 4.72 Å². The van der Waals surface area contributed by atoms with Gasteiger partial charge in [0.2, 0.25) is 5.72 Å². The molecule has 3 rings (SSSR count). The highest BCUT2D eigenvalue weighted by atomic mass is 79.9. The Morgan fingerprint density at radius 3 is 2.52 bits per heavy atom. The van der Waals surface area contributed by atoms with Crippen LogP contribution in [0.1, 0.15) is 19.4 Å². The van der Waals surface area contributed by atoms with Crippen molar-refractivity contribution in [1.82, 2.24) is 4.31 Å². The second kappa shape index (κ2) is 7.01. The average Bonchev–Trinajstić information content (AvgIpc) is 2.55. The maximum absolute atomic E-state index is 14.5. The number of nitrogens with one attached hydrogen (secondary N) is 1. The normalized spacial score (nSPS) is 15.7. The molecule has 1 heterocycles. The lowest BCUT2D eigenvalue weighted by Gasteiger charge is -2.44. The van der Waals surface area contributed by atoms with Gasteiger partial charge in [-0.25, -0.2) is 9.18 Å². The van der Waals surface area contributed by atoms with E-state index in [9.17, 15) is 17.6 Å². The van der Waals surface area contributed by atoms with Crippen LogP contribution in [0.5, 0.6) is 5.75 Å². The van der Waals surface area contributed by atoms with Crippen molar-refractivity contribution in [3.05, 3.63) is 58.3 Å². The molecule has 0 radical (unpaired) electrons. The molecule has 144 valence electrons. The van der Waals surface area contributed by atoms with Crippen molar-refractivity contribution in [3.8, 4) is 5.75 Å². The van der Waals surface area contributed by atoms with Gasteiger partial charge < -0.3 is 9.47 Å². The number of halogens is 2. The highest BCUT2D eigenvalue weighted by Crippen LogP contribution is 2.37. The van der Waals surface area contributed by atoms with E-state index in [1.165, 1.54) is 19.9 Å². The molecule has 2 aromatic rings. The third-order valence-corrected chi connectivity index (χ3v) is 5.71. The van der Waals surface area contributed by atoms with Crippen LogP contribution in [0.4, 0.5) is 14.9 Å². The first-order chi connectivity index (χ1) is 12.6. The smallest absolute Gasteiger partial charge is 0.430 e. The molecule has 0 aliphatic carbocycles. The highest BCUT2D eigenvalue weighted by Gasteiger charge is 2.54. The van der Waals surface area contributed by atoms with Crippen LogP contribution in [0, 0.1) is 5.82 Å². The van der Waals surface area contributed by atoms with E-state index >= 15 is 0 Å². The number of anilines is 1. The van der Waals surface area contributed by atoms with Gasteiger partial charge in [0, 0.05) is 4.47 Å². The van der Waals surface area contributed by atoms with Crippen LogP contribution < -0.4 is 9.46 Å². The summed E-state index contributed by atoms with van der Waals surface area (Å²) in [6.45, 7) is 2.90. The maximum atomic E-state index is 14.5. The quantitative estimate of drug-likeness (QED) is 0.706. The van der Waals surface area contributed by atoms with Crippen LogP contribution in [0.2, 0.25) is 0 Å². The number of carbonyl (C=O) groups is 1. The molecule has 2 aromatic carbocycles. The molecule has 0 aromatic heterocycles. The van der Waals surface area contributed by atoms with Gasteiger partial charge in [0.25, 0.3) is 0 Å². The molecule has 0 saturated carbocycles. The van der Waals surface area contributed by atoms with E-state index in [4.69, 9.17) is 9.47 Å². The number of ether oxygens (including phenoxy) is 2. The van der Waals surface area contributed by atoms with Crippen LogP contribution in [-0.4, -0.2) is 24.5 Å². The molecule has 7 nitrogen and oxygen atoms in total. The van der Waals surface area contributed by atoms with Gasteiger partial charge in [0.05, 0.1) is 0 Å². The Morgan fingerprint density at radius 1 is 1.26 bits per heavy atom. The number of rotatable bonds is 6. The van der Waals surface area contributed by atoms with Gasteiger partial charge >= 0.3 is 16.3 Å². The summed E-state index contributed by atoms with van der Waals surface area (Å²) < 4.78 is 52.9. The van der Waals surface area contributed by atoms with E-state index in [-0.39, 0.29) is 12.4 Å². The number of nitrogens with zero attached hydrogens (tertiary/aromatic N) is 1. The lowest BCUT2D eigenvalue weighted by Crippen LogP contribution is -2.65. The summed E-state index contributed by atoms with van der Waals surface area (Å²) in [4.78, 5) is 11.6. The summed E-state index contributed by atoms with van der Waals surface area (Å²) in [7, 11) is -4.40. The first kappa shape index (κ1) is 19.4. The molecule has 1 amide bonds. The van der Waals surface area contributed by atoms with Gasteiger partial charge in [-0.3, -0.25) is 4.72 Å². The fraction of sp³-hybridized carbons (Fsp3) is 0.235. The topological polar surface area (TPSA) is 84.9 Å². The Balaban J connectivity index is 1.89.